The maximum atomic E-state index is 5.98. The van der Waals surface area contributed by atoms with E-state index < -0.39 is 0 Å². The predicted molar refractivity (Wildman–Crippen MR) is 93.9 cm³/mol. The second kappa shape index (κ2) is 7.85. The Bertz CT molecular complexity index is 601. The van der Waals surface area contributed by atoms with Crippen LogP contribution in [0.15, 0.2) is 42.5 Å². The summed E-state index contributed by atoms with van der Waals surface area (Å²) in [6.07, 6.45) is 3.64. The first-order valence-corrected chi connectivity index (χ1v) is 8.78. The van der Waals surface area contributed by atoms with Crippen LogP contribution in [0.25, 0.3) is 10.8 Å². The van der Waals surface area contributed by atoms with E-state index in [1.807, 2.05) is 0 Å². The number of benzene rings is 2. The molecule has 1 heterocycles. The minimum atomic E-state index is 0.678. The van der Waals surface area contributed by atoms with Gasteiger partial charge in [-0.3, -0.25) is 0 Å². The Morgan fingerprint density at radius 1 is 1.14 bits per heavy atom. The lowest BCUT2D eigenvalue weighted by atomic mass is 10.00. The van der Waals surface area contributed by atoms with Crippen LogP contribution >= 0.6 is 11.6 Å². The molecule has 22 heavy (non-hydrogen) atoms. The van der Waals surface area contributed by atoms with Gasteiger partial charge < -0.3 is 9.64 Å². The van der Waals surface area contributed by atoms with Gasteiger partial charge in [-0.2, -0.15) is 0 Å². The Hall–Kier alpha value is -1.25. The van der Waals surface area contributed by atoms with E-state index in [0.29, 0.717) is 5.92 Å². The van der Waals surface area contributed by atoms with Crippen LogP contribution in [-0.4, -0.2) is 37.0 Å². The van der Waals surface area contributed by atoms with Crippen molar-refractivity contribution < 1.29 is 4.74 Å². The fraction of sp³-hybridized carbons (Fsp3) is 0.474. The maximum Gasteiger partial charge on any atom is 0.119 e. The molecule has 2 aromatic rings. The molecule has 1 saturated heterocycles. The highest BCUT2D eigenvalue weighted by Gasteiger charge is 2.18. The van der Waals surface area contributed by atoms with Gasteiger partial charge in [0.25, 0.3) is 0 Å². The van der Waals surface area contributed by atoms with E-state index in [0.717, 1.165) is 37.7 Å². The largest absolute Gasteiger partial charge is 0.494 e. The maximum absolute atomic E-state index is 5.98. The van der Waals surface area contributed by atoms with Gasteiger partial charge in [-0.15, -0.1) is 11.6 Å². The highest BCUT2D eigenvalue weighted by molar-refractivity contribution is 6.18. The van der Waals surface area contributed by atoms with Gasteiger partial charge in [0.1, 0.15) is 5.75 Å². The van der Waals surface area contributed by atoms with E-state index in [2.05, 4.69) is 47.4 Å². The SMILES string of the molecule is ClCC1CCCN(CCCOc2ccc3ccccc3c2)C1. The molecular formula is C19H24ClNO. The molecule has 0 spiro atoms. The molecule has 0 radical (unpaired) electrons. The molecule has 0 amide bonds. The standard InChI is InChI=1S/C19H24ClNO/c20-14-16-5-3-10-21(15-16)11-4-12-22-19-9-8-17-6-1-2-7-18(17)13-19/h1-2,6-9,13,16H,3-5,10-12,14-15H2. The molecule has 0 aliphatic carbocycles. The third-order valence-corrected chi connectivity index (χ3v) is 4.87. The first-order chi connectivity index (χ1) is 10.8. The molecule has 1 aliphatic rings. The molecule has 118 valence electrons. The number of halogens is 1. The quantitative estimate of drug-likeness (QED) is 0.572. The smallest absolute Gasteiger partial charge is 0.119 e. The van der Waals surface area contributed by atoms with Crippen LogP contribution in [0.2, 0.25) is 0 Å². The van der Waals surface area contributed by atoms with Crippen molar-refractivity contribution in [2.24, 2.45) is 5.92 Å². The highest BCUT2D eigenvalue weighted by atomic mass is 35.5. The van der Waals surface area contributed by atoms with Gasteiger partial charge in [0.15, 0.2) is 0 Å². The van der Waals surface area contributed by atoms with E-state index in [-0.39, 0.29) is 0 Å². The monoisotopic (exact) mass is 317 g/mol. The van der Waals surface area contributed by atoms with Crippen LogP contribution in [0.3, 0.4) is 0 Å². The van der Waals surface area contributed by atoms with E-state index in [9.17, 15) is 0 Å². The summed E-state index contributed by atoms with van der Waals surface area (Å²) in [7, 11) is 0. The zero-order valence-electron chi connectivity index (χ0n) is 13.0. The molecule has 3 heteroatoms. The van der Waals surface area contributed by atoms with Gasteiger partial charge in [-0.05, 0) is 54.6 Å². The molecule has 0 bridgehead atoms. The average Bonchev–Trinajstić information content (AvgIpc) is 2.59. The minimum Gasteiger partial charge on any atom is -0.494 e. The van der Waals surface area contributed by atoms with Crippen molar-refractivity contribution in [1.82, 2.24) is 4.90 Å². The molecule has 0 N–H and O–H groups in total. The molecule has 3 rings (SSSR count). The minimum absolute atomic E-state index is 0.678. The van der Waals surface area contributed by atoms with Crippen LogP contribution < -0.4 is 4.74 Å². The first kappa shape index (κ1) is 15.6. The summed E-state index contributed by atoms with van der Waals surface area (Å²) in [5.74, 6) is 2.44. The molecule has 1 aliphatic heterocycles. The topological polar surface area (TPSA) is 12.5 Å². The third kappa shape index (κ3) is 4.15. The fourth-order valence-corrected chi connectivity index (χ4v) is 3.47. The molecule has 0 aromatic heterocycles. The van der Waals surface area contributed by atoms with E-state index in [4.69, 9.17) is 16.3 Å². The third-order valence-electron chi connectivity index (χ3n) is 4.43. The second-order valence-corrected chi connectivity index (χ2v) is 6.48. The van der Waals surface area contributed by atoms with Crippen molar-refractivity contribution in [2.75, 3.05) is 32.1 Å². The zero-order chi connectivity index (χ0) is 15.2. The molecule has 2 aromatic carbocycles. The van der Waals surface area contributed by atoms with E-state index >= 15 is 0 Å². The predicted octanol–water partition coefficient (Wildman–Crippen LogP) is 4.56. The van der Waals surface area contributed by atoms with Crippen molar-refractivity contribution in [2.45, 2.75) is 19.3 Å². The number of ether oxygens (including phenoxy) is 1. The van der Waals surface area contributed by atoms with Gasteiger partial charge in [0.05, 0.1) is 6.61 Å². The zero-order valence-corrected chi connectivity index (χ0v) is 13.8. The van der Waals surface area contributed by atoms with Crippen molar-refractivity contribution in [1.29, 1.82) is 0 Å². The first-order valence-electron chi connectivity index (χ1n) is 8.25. The Balaban J connectivity index is 1.44. The average molecular weight is 318 g/mol. The van der Waals surface area contributed by atoms with E-state index in [1.54, 1.807) is 0 Å². The number of rotatable bonds is 6. The van der Waals surface area contributed by atoms with Crippen LogP contribution in [0.1, 0.15) is 19.3 Å². The number of hydrogen-bond donors (Lipinski definition) is 0. The van der Waals surface area contributed by atoms with Crippen LogP contribution in [0.5, 0.6) is 5.75 Å². The van der Waals surface area contributed by atoms with Gasteiger partial charge >= 0.3 is 0 Å². The summed E-state index contributed by atoms with van der Waals surface area (Å²) in [4.78, 5) is 2.53. The number of alkyl halides is 1. The van der Waals surface area contributed by atoms with Gasteiger partial charge in [0.2, 0.25) is 0 Å². The van der Waals surface area contributed by atoms with Crippen molar-refractivity contribution >= 4 is 22.4 Å². The summed E-state index contributed by atoms with van der Waals surface area (Å²) in [5, 5.41) is 2.50. The van der Waals surface area contributed by atoms with Crippen LogP contribution in [-0.2, 0) is 0 Å². The number of piperidine rings is 1. The van der Waals surface area contributed by atoms with Gasteiger partial charge in [0, 0.05) is 19.0 Å². The number of nitrogens with zero attached hydrogens (tertiary/aromatic N) is 1. The summed E-state index contributed by atoms with van der Waals surface area (Å²) in [5.41, 5.74) is 0. The lowest BCUT2D eigenvalue weighted by Gasteiger charge is -2.31. The van der Waals surface area contributed by atoms with Crippen LogP contribution in [0.4, 0.5) is 0 Å². The molecule has 2 nitrogen and oxygen atoms in total. The van der Waals surface area contributed by atoms with Crippen molar-refractivity contribution in [3.05, 3.63) is 42.5 Å². The molecular weight excluding hydrogens is 294 g/mol. The molecule has 1 fully saturated rings. The van der Waals surface area contributed by atoms with Crippen molar-refractivity contribution in [3.63, 3.8) is 0 Å². The second-order valence-electron chi connectivity index (χ2n) is 6.17. The van der Waals surface area contributed by atoms with E-state index in [1.165, 1.54) is 30.2 Å². The number of hydrogen-bond acceptors (Lipinski definition) is 2. The number of likely N-dealkylation sites (tertiary alicyclic amines) is 1. The lowest BCUT2D eigenvalue weighted by Crippen LogP contribution is -2.37. The summed E-state index contributed by atoms with van der Waals surface area (Å²) >= 11 is 5.98. The fourth-order valence-electron chi connectivity index (χ4n) is 3.22. The Morgan fingerprint density at radius 2 is 2.00 bits per heavy atom. The Kier molecular flexibility index (Phi) is 5.58. The number of fused-ring (bicyclic) bond motifs is 1. The lowest BCUT2D eigenvalue weighted by molar-refractivity contribution is 0.171. The van der Waals surface area contributed by atoms with Crippen molar-refractivity contribution in [3.8, 4) is 5.75 Å². The highest BCUT2D eigenvalue weighted by Crippen LogP contribution is 2.21. The normalized spacial score (nSPS) is 19.4. The summed E-state index contributed by atoms with van der Waals surface area (Å²) < 4.78 is 5.91. The van der Waals surface area contributed by atoms with Crippen LogP contribution in [0, 0.1) is 5.92 Å². The summed E-state index contributed by atoms with van der Waals surface area (Å²) in [6, 6.07) is 14.7. The Labute approximate surface area is 138 Å². The van der Waals surface area contributed by atoms with Gasteiger partial charge in [-0.25, -0.2) is 0 Å². The molecule has 1 unspecified atom stereocenters. The molecule has 0 saturated carbocycles. The Morgan fingerprint density at radius 3 is 2.86 bits per heavy atom. The molecule has 1 atom stereocenters. The summed E-state index contributed by atoms with van der Waals surface area (Å²) in [6.45, 7) is 4.25. The van der Waals surface area contributed by atoms with Gasteiger partial charge in [-0.1, -0.05) is 30.3 Å².